The van der Waals surface area contributed by atoms with Crippen LogP contribution < -0.4 is 14.2 Å². The summed E-state index contributed by atoms with van der Waals surface area (Å²) in [6.07, 6.45) is 3.91. The van der Waals surface area contributed by atoms with Crippen molar-refractivity contribution >= 4 is 11.9 Å². The van der Waals surface area contributed by atoms with E-state index in [1.54, 1.807) is 20.3 Å². The molecule has 0 aromatic heterocycles. The summed E-state index contributed by atoms with van der Waals surface area (Å²) in [7, 11) is 3.13. The fraction of sp³-hybridized carbons (Fsp3) is 0.481. The molecule has 1 aliphatic carbocycles. The van der Waals surface area contributed by atoms with Gasteiger partial charge in [0, 0.05) is 11.1 Å². The quantitative estimate of drug-likeness (QED) is 0.437. The van der Waals surface area contributed by atoms with Crippen LogP contribution in [0.15, 0.2) is 30.3 Å². The number of cyclic esters (lactones) is 1. The lowest BCUT2D eigenvalue weighted by molar-refractivity contribution is -0.170. The Bertz CT molecular complexity index is 1070. The van der Waals surface area contributed by atoms with Crippen molar-refractivity contribution < 1.29 is 33.3 Å². The van der Waals surface area contributed by atoms with Crippen LogP contribution in [0.3, 0.4) is 0 Å². The Hall–Kier alpha value is -3.22. The second kappa shape index (κ2) is 9.95. The molecule has 2 aromatic carbocycles. The van der Waals surface area contributed by atoms with Crippen LogP contribution in [-0.2, 0) is 20.9 Å². The maximum atomic E-state index is 13.1. The summed E-state index contributed by atoms with van der Waals surface area (Å²) in [4.78, 5) is 25.0. The second-order valence-corrected chi connectivity index (χ2v) is 8.89. The SMILES string of the molecule is CCC(CC)OC(=O)C1(COc2c(-c3ccc4c(c3)COC4=O)ccc(OC)c2OC)CCC1. The van der Waals surface area contributed by atoms with Crippen molar-refractivity contribution in [1.29, 1.82) is 0 Å². The third-order valence-electron chi connectivity index (χ3n) is 6.92. The van der Waals surface area contributed by atoms with Crippen molar-refractivity contribution in [2.45, 2.75) is 58.7 Å². The highest BCUT2D eigenvalue weighted by molar-refractivity contribution is 5.94. The lowest BCUT2D eigenvalue weighted by Gasteiger charge is -2.39. The number of fused-ring (bicyclic) bond motifs is 1. The summed E-state index contributed by atoms with van der Waals surface area (Å²) < 4.78 is 28.5. The van der Waals surface area contributed by atoms with Crippen LogP contribution in [0.4, 0.5) is 0 Å². The van der Waals surface area contributed by atoms with Crippen molar-refractivity contribution in [1.82, 2.24) is 0 Å². The fourth-order valence-electron chi connectivity index (χ4n) is 4.52. The predicted molar refractivity (Wildman–Crippen MR) is 126 cm³/mol. The molecule has 2 aromatic rings. The summed E-state index contributed by atoms with van der Waals surface area (Å²) >= 11 is 0. The van der Waals surface area contributed by atoms with Crippen LogP contribution in [0.1, 0.15) is 61.9 Å². The maximum Gasteiger partial charge on any atom is 0.338 e. The van der Waals surface area contributed by atoms with Crippen molar-refractivity contribution in [3.05, 3.63) is 41.5 Å². The summed E-state index contributed by atoms with van der Waals surface area (Å²) in [5, 5.41) is 0. The summed E-state index contributed by atoms with van der Waals surface area (Å²) in [5.74, 6) is 0.977. The van der Waals surface area contributed by atoms with Crippen LogP contribution in [-0.4, -0.2) is 38.9 Å². The molecule has 2 aliphatic rings. The number of esters is 2. The van der Waals surface area contributed by atoms with Crippen molar-refractivity contribution in [3.63, 3.8) is 0 Å². The van der Waals surface area contributed by atoms with E-state index >= 15 is 0 Å². The van der Waals surface area contributed by atoms with Gasteiger partial charge in [0.1, 0.15) is 24.7 Å². The molecular formula is C27H32O7. The number of rotatable bonds is 10. The summed E-state index contributed by atoms with van der Waals surface area (Å²) in [6.45, 7) is 4.48. The van der Waals surface area contributed by atoms with E-state index in [1.165, 1.54) is 0 Å². The topological polar surface area (TPSA) is 80.3 Å². The lowest BCUT2D eigenvalue weighted by Crippen LogP contribution is -2.45. The van der Waals surface area contributed by atoms with Gasteiger partial charge >= 0.3 is 11.9 Å². The molecule has 1 fully saturated rings. The van der Waals surface area contributed by atoms with Crippen LogP contribution in [0.25, 0.3) is 11.1 Å². The molecule has 4 rings (SSSR count). The minimum Gasteiger partial charge on any atom is -0.493 e. The minimum absolute atomic E-state index is 0.0803. The first-order valence-electron chi connectivity index (χ1n) is 11.9. The Balaban J connectivity index is 1.67. The molecule has 0 saturated heterocycles. The van der Waals surface area contributed by atoms with Gasteiger partial charge in [0.15, 0.2) is 11.5 Å². The van der Waals surface area contributed by atoms with Crippen LogP contribution >= 0.6 is 0 Å². The van der Waals surface area contributed by atoms with Crippen LogP contribution in [0.2, 0.25) is 0 Å². The predicted octanol–water partition coefficient (Wildman–Crippen LogP) is 5.32. The third kappa shape index (κ3) is 4.31. The second-order valence-electron chi connectivity index (χ2n) is 8.89. The zero-order valence-corrected chi connectivity index (χ0v) is 20.3. The first kappa shape index (κ1) is 23.9. The van der Waals surface area contributed by atoms with E-state index in [0.29, 0.717) is 22.8 Å². The first-order chi connectivity index (χ1) is 16.5. The molecule has 0 spiro atoms. The average Bonchev–Trinajstić information content (AvgIpc) is 3.21. The smallest absolute Gasteiger partial charge is 0.338 e. The molecule has 1 saturated carbocycles. The molecule has 0 atom stereocenters. The summed E-state index contributed by atoms with van der Waals surface area (Å²) in [6, 6.07) is 9.26. The van der Waals surface area contributed by atoms with Gasteiger partial charge in [-0.25, -0.2) is 4.79 Å². The molecule has 0 amide bonds. The number of carbonyl (C=O) groups excluding carboxylic acids is 2. The van der Waals surface area contributed by atoms with Gasteiger partial charge < -0.3 is 23.7 Å². The average molecular weight is 469 g/mol. The minimum atomic E-state index is -0.661. The van der Waals surface area contributed by atoms with E-state index in [0.717, 1.165) is 48.8 Å². The zero-order valence-electron chi connectivity index (χ0n) is 20.3. The molecule has 34 heavy (non-hydrogen) atoms. The molecule has 0 N–H and O–H groups in total. The number of benzene rings is 2. The molecule has 0 unspecified atom stereocenters. The third-order valence-corrected chi connectivity index (χ3v) is 6.92. The van der Waals surface area contributed by atoms with Gasteiger partial charge in [0.25, 0.3) is 0 Å². The molecule has 7 nitrogen and oxygen atoms in total. The van der Waals surface area contributed by atoms with Gasteiger partial charge in [-0.3, -0.25) is 4.79 Å². The molecule has 1 heterocycles. The fourth-order valence-corrected chi connectivity index (χ4v) is 4.52. The van der Waals surface area contributed by atoms with E-state index in [1.807, 2.05) is 38.1 Å². The Labute approximate surface area is 200 Å². The van der Waals surface area contributed by atoms with Gasteiger partial charge in [-0.2, -0.15) is 0 Å². The van der Waals surface area contributed by atoms with Gasteiger partial charge in [-0.05, 0) is 55.5 Å². The standard InChI is InChI=1S/C27H32O7/c1-5-19(6-2)34-26(29)27(12-7-13-27)16-33-23-20(10-11-22(30-3)24(23)31-4)17-8-9-21-18(14-17)15-32-25(21)28/h8-11,14,19H,5-7,12-13,15-16H2,1-4H3. The van der Waals surface area contributed by atoms with Crippen LogP contribution in [0.5, 0.6) is 17.2 Å². The number of methoxy groups -OCH3 is 2. The molecule has 0 radical (unpaired) electrons. The van der Waals surface area contributed by atoms with Gasteiger partial charge in [0.2, 0.25) is 5.75 Å². The number of ether oxygens (including phenoxy) is 5. The largest absolute Gasteiger partial charge is 0.493 e. The van der Waals surface area contributed by atoms with E-state index in [-0.39, 0.29) is 31.3 Å². The lowest BCUT2D eigenvalue weighted by atomic mass is 9.69. The highest BCUT2D eigenvalue weighted by atomic mass is 16.6. The molecular weight excluding hydrogens is 436 g/mol. The molecule has 7 heteroatoms. The van der Waals surface area contributed by atoms with Crippen molar-refractivity contribution in [3.8, 4) is 28.4 Å². The van der Waals surface area contributed by atoms with E-state index in [2.05, 4.69) is 0 Å². The number of hydrogen-bond donors (Lipinski definition) is 0. The number of carbonyl (C=O) groups is 2. The Morgan fingerprint density at radius 3 is 2.38 bits per heavy atom. The number of hydrogen-bond acceptors (Lipinski definition) is 7. The first-order valence-corrected chi connectivity index (χ1v) is 11.9. The monoisotopic (exact) mass is 468 g/mol. The van der Waals surface area contributed by atoms with Crippen molar-refractivity contribution in [2.75, 3.05) is 20.8 Å². The molecule has 1 aliphatic heterocycles. The molecule has 182 valence electrons. The zero-order chi connectivity index (χ0) is 24.3. The van der Waals surface area contributed by atoms with Crippen LogP contribution in [0, 0.1) is 5.41 Å². The van der Waals surface area contributed by atoms with E-state index in [4.69, 9.17) is 23.7 Å². The van der Waals surface area contributed by atoms with E-state index < -0.39 is 5.41 Å². The maximum absolute atomic E-state index is 13.1. The normalized spacial score (nSPS) is 15.9. The Morgan fingerprint density at radius 2 is 1.76 bits per heavy atom. The Morgan fingerprint density at radius 1 is 1.03 bits per heavy atom. The van der Waals surface area contributed by atoms with E-state index in [9.17, 15) is 9.59 Å². The molecule has 0 bridgehead atoms. The summed E-state index contributed by atoms with van der Waals surface area (Å²) in [5.41, 5.74) is 2.38. The van der Waals surface area contributed by atoms with Crippen molar-refractivity contribution in [2.24, 2.45) is 5.41 Å². The highest BCUT2D eigenvalue weighted by Gasteiger charge is 2.47. The highest BCUT2D eigenvalue weighted by Crippen LogP contribution is 2.48. The van der Waals surface area contributed by atoms with Gasteiger partial charge in [-0.15, -0.1) is 0 Å². The van der Waals surface area contributed by atoms with Gasteiger partial charge in [-0.1, -0.05) is 26.3 Å². The van der Waals surface area contributed by atoms with Gasteiger partial charge in [0.05, 0.1) is 19.8 Å². The Kier molecular flexibility index (Phi) is 7.00.